The Hall–Kier alpha value is -1.51. The fourth-order valence-electron chi connectivity index (χ4n) is 1.16. The van der Waals surface area contributed by atoms with E-state index in [-0.39, 0.29) is 22.6 Å². The molecule has 1 N–H and O–H groups in total. The van der Waals surface area contributed by atoms with E-state index >= 15 is 0 Å². The van der Waals surface area contributed by atoms with E-state index in [2.05, 4.69) is 0 Å². The lowest BCUT2D eigenvalue weighted by molar-refractivity contribution is -0.384. The summed E-state index contributed by atoms with van der Waals surface area (Å²) in [6.45, 7) is 0. The van der Waals surface area contributed by atoms with Gasteiger partial charge in [0.05, 0.1) is 9.95 Å². The normalized spacial score (nSPS) is 13.1. The number of carbonyl (C=O) groups excluding carboxylic acids is 1. The van der Waals surface area contributed by atoms with Crippen LogP contribution in [0.25, 0.3) is 0 Å². The third-order valence-electron chi connectivity index (χ3n) is 1.95. The molecule has 1 aromatic carbocycles. The number of carbonyl (C=O) groups is 1. The number of benzene rings is 1. The first-order valence-corrected chi connectivity index (χ1v) is 6.01. The van der Waals surface area contributed by atoms with Crippen molar-refractivity contribution in [2.24, 2.45) is 0 Å². The molecule has 0 heterocycles. The molecule has 9 heteroatoms. The first-order chi connectivity index (χ1) is 7.77. The Morgan fingerprint density at radius 2 is 2.06 bits per heavy atom. The maximum absolute atomic E-state index is 10.9. The predicted octanol–water partition coefficient (Wildman–Crippen LogP) is 1.38. The Kier molecular flexibility index (Phi) is 3.81. The van der Waals surface area contributed by atoms with Gasteiger partial charge in [-0.25, -0.2) is 0 Å². The quantitative estimate of drug-likeness (QED) is 0.385. The van der Waals surface area contributed by atoms with E-state index in [0.29, 0.717) is 0 Å². The van der Waals surface area contributed by atoms with E-state index in [1.54, 1.807) is 0 Å². The maximum Gasteiger partial charge on any atom is 0.279 e. The predicted molar refractivity (Wildman–Crippen MR) is 58.5 cm³/mol. The molecule has 0 amide bonds. The second-order valence-corrected chi connectivity index (χ2v) is 4.98. The Morgan fingerprint density at radius 3 is 2.41 bits per heavy atom. The highest BCUT2D eigenvalue weighted by atomic mass is 35.5. The highest BCUT2D eigenvalue weighted by molar-refractivity contribution is 7.86. The molecule has 1 aromatic rings. The summed E-state index contributed by atoms with van der Waals surface area (Å²) in [6, 6.07) is 2.90. The minimum Gasteiger partial charge on any atom is -0.301 e. The summed E-state index contributed by atoms with van der Waals surface area (Å²) in [5.74, 6) is 0. The zero-order chi connectivity index (χ0) is 13.2. The number of non-ortho nitro benzene ring substituents is 1. The van der Waals surface area contributed by atoms with E-state index in [0.717, 1.165) is 18.2 Å². The van der Waals surface area contributed by atoms with Gasteiger partial charge in [0.1, 0.15) is 6.29 Å². The van der Waals surface area contributed by atoms with E-state index in [9.17, 15) is 23.3 Å². The van der Waals surface area contributed by atoms with Gasteiger partial charge >= 0.3 is 0 Å². The van der Waals surface area contributed by atoms with E-state index < -0.39 is 20.3 Å². The fourth-order valence-corrected chi connectivity index (χ4v) is 2.19. The van der Waals surface area contributed by atoms with Crippen LogP contribution in [0, 0.1) is 10.1 Å². The van der Waals surface area contributed by atoms with Gasteiger partial charge in [0.2, 0.25) is 0 Å². The SMILES string of the molecule is O=CC(c1ccc([N+](=O)[O-])cc1Cl)S(=O)(=O)O. The largest absolute Gasteiger partial charge is 0.301 e. The second-order valence-electron chi connectivity index (χ2n) is 3.03. The molecule has 0 bridgehead atoms. The molecule has 7 nitrogen and oxygen atoms in total. The van der Waals surface area contributed by atoms with Gasteiger partial charge < -0.3 is 4.79 Å². The molecule has 1 unspecified atom stereocenters. The molecule has 0 aromatic heterocycles. The third kappa shape index (κ3) is 2.99. The average Bonchev–Trinajstić information content (AvgIpc) is 2.19. The molecular formula is C8H6ClNO6S. The van der Waals surface area contributed by atoms with E-state index in [4.69, 9.17) is 16.2 Å². The summed E-state index contributed by atoms with van der Waals surface area (Å²) in [5, 5.41) is 8.28. The standard InChI is InChI=1S/C8H6ClNO6S/c9-7-3-5(10(12)13)1-2-6(7)8(4-11)17(14,15)16/h1-4,8H,(H,14,15,16). The van der Waals surface area contributed by atoms with Crippen molar-refractivity contribution in [1.29, 1.82) is 0 Å². The van der Waals surface area contributed by atoms with Crippen LogP contribution in [0.15, 0.2) is 18.2 Å². The first kappa shape index (κ1) is 13.6. The van der Waals surface area contributed by atoms with Crippen LogP contribution in [0.1, 0.15) is 10.8 Å². The summed E-state index contributed by atoms with van der Waals surface area (Å²) in [5.41, 5.74) is -0.562. The van der Waals surface area contributed by atoms with Crippen molar-refractivity contribution >= 4 is 33.7 Å². The molecule has 0 aliphatic carbocycles. The topological polar surface area (TPSA) is 115 Å². The summed E-state index contributed by atoms with van der Waals surface area (Å²) >= 11 is 5.61. The van der Waals surface area contributed by atoms with Gasteiger partial charge in [0.15, 0.2) is 5.25 Å². The smallest absolute Gasteiger partial charge is 0.279 e. The maximum atomic E-state index is 10.9. The molecule has 0 aliphatic heterocycles. The van der Waals surface area contributed by atoms with Gasteiger partial charge in [0.25, 0.3) is 15.8 Å². The van der Waals surface area contributed by atoms with Crippen molar-refractivity contribution in [3.63, 3.8) is 0 Å². The van der Waals surface area contributed by atoms with Crippen molar-refractivity contribution in [3.8, 4) is 0 Å². The minimum atomic E-state index is -4.65. The Morgan fingerprint density at radius 1 is 1.47 bits per heavy atom. The highest BCUT2D eigenvalue weighted by Gasteiger charge is 2.27. The van der Waals surface area contributed by atoms with Crippen LogP contribution in [0.3, 0.4) is 0 Å². The Labute approximate surface area is 101 Å². The average molecular weight is 280 g/mol. The van der Waals surface area contributed by atoms with E-state index in [1.807, 2.05) is 0 Å². The van der Waals surface area contributed by atoms with Crippen LogP contribution < -0.4 is 0 Å². The molecule has 0 spiro atoms. The van der Waals surface area contributed by atoms with E-state index in [1.165, 1.54) is 0 Å². The Balaban J connectivity index is 3.33. The summed E-state index contributed by atoms with van der Waals surface area (Å²) in [4.78, 5) is 20.3. The lowest BCUT2D eigenvalue weighted by Crippen LogP contribution is -2.14. The van der Waals surface area contributed by atoms with Crippen molar-refractivity contribution in [1.82, 2.24) is 0 Å². The highest BCUT2D eigenvalue weighted by Crippen LogP contribution is 2.30. The van der Waals surface area contributed by atoms with Crippen LogP contribution in [0.4, 0.5) is 5.69 Å². The summed E-state index contributed by atoms with van der Waals surface area (Å²) in [7, 11) is -4.65. The molecule has 0 aliphatic rings. The first-order valence-electron chi connectivity index (χ1n) is 4.13. The van der Waals surface area contributed by atoms with Gasteiger partial charge in [0, 0.05) is 12.1 Å². The lowest BCUT2D eigenvalue weighted by Gasteiger charge is -2.08. The number of rotatable bonds is 4. The molecule has 0 fully saturated rings. The van der Waals surface area contributed by atoms with Crippen LogP contribution in [-0.2, 0) is 14.9 Å². The van der Waals surface area contributed by atoms with Crippen LogP contribution in [0.5, 0.6) is 0 Å². The number of nitro groups is 1. The fraction of sp³-hybridized carbons (Fsp3) is 0.125. The van der Waals surface area contributed by atoms with Crippen LogP contribution in [-0.4, -0.2) is 24.2 Å². The molecule has 0 radical (unpaired) electrons. The molecule has 1 atom stereocenters. The summed E-state index contributed by atoms with van der Waals surface area (Å²) in [6.07, 6.45) is -0.0115. The number of hydrogen-bond acceptors (Lipinski definition) is 5. The molecule has 1 rings (SSSR count). The number of nitro benzene ring substituents is 1. The zero-order valence-corrected chi connectivity index (χ0v) is 9.68. The Bertz CT molecular complexity index is 569. The van der Waals surface area contributed by atoms with Crippen molar-refractivity contribution < 1.29 is 22.7 Å². The zero-order valence-electron chi connectivity index (χ0n) is 8.11. The minimum absolute atomic E-state index is 0.0115. The van der Waals surface area contributed by atoms with Crippen LogP contribution in [0.2, 0.25) is 5.02 Å². The molecular weight excluding hydrogens is 274 g/mol. The van der Waals surface area contributed by atoms with Gasteiger partial charge in [-0.2, -0.15) is 8.42 Å². The number of aldehydes is 1. The van der Waals surface area contributed by atoms with Crippen molar-refractivity contribution in [3.05, 3.63) is 38.9 Å². The molecule has 92 valence electrons. The van der Waals surface area contributed by atoms with Crippen molar-refractivity contribution in [2.45, 2.75) is 5.25 Å². The molecule has 17 heavy (non-hydrogen) atoms. The van der Waals surface area contributed by atoms with Gasteiger partial charge in [-0.1, -0.05) is 11.6 Å². The van der Waals surface area contributed by atoms with Crippen molar-refractivity contribution in [2.75, 3.05) is 0 Å². The van der Waals surface area contributed by atoms with Gasteiger partial charge in [-0.05, 0) is 11.6 Å². The number of nitrogens with zero attached hydrogens (tertiary/aromatic N) is 1. The van der Waals surface area contributed by atoms with Gasteiger partial charge in [-0.15, -0.1) is 0 Å². The molecule has 0 saturated carbocycles. The monoisotopic (exact) mass is 279 g/mol. The second kappa shape index (κ2) is 4.78. The van der Waals surface area contributed by atoms with Crippen LogP contribution >= 0.6 is 11.6 Å². The number of hydrogen-bond donors (Lipinski definition) is 1. The lowest BCUT2D eigenvalue weighted by atomic mass is 10.1. The summed E-state index contributed by atoms with van der Waals surface area (Å²) < 4.78 is 30.5. The molecule has 0 saturated heterocycles. The third-order valence-corrected chi connectivity index (χ3v) is 3.28. The number of halogens is 1. The van der Waals surface area contributed by atoms with Gasteiger partial charge in [-0.3, -0.25) is 14.7 Å².